The summed E-state index contributed by atoms with van der Waals surface area (Å²) in [5.74, 6) is 0.586. The molecule has 1 unspecified atom stereocenters. The fraction of sp³-hybridized carbons (Fsp3) is 0.700. The summed E-state index contributed by atoms with van der Waals surface area (Å²) in [6.07, 6.45) is 2.74. The van der Waals surface area contributed by atoms with Gasteiger partial charge in [-0.15, -0.1) is 11.3 Å². The van der Waals surface area contributed by atoms with Crippen LogP contribution in [-0.2, 0) is 9.53 Å². The van der Waals surface area contributed by atoms with Crippen LogP contribution in [0.25, 0.3) is 0 Å². The maximum Gasteiger partial charge on any atom is 0.220 e. The molecule has 1 atom stereocenters. The number of hydrogen-bond acceptors (Lipinski definition) is 5. The van der Waals surface area contributed by atoms with Gasteiger partial charge in [-0.05, 0) is 25.0 Å². The predicted molar refractivity (Wildman–Crippen MR) is 106 cm³/mol. The van der Waals surface area contributed by atoms with Crippen molar-refractivity contribution >= 4 is 23.0 Å². The molecule has 2 rings (SSSR count). The third-order valence-electron chi connectivity index (χ3n) is 5.21. The molecule has 0 spiro atoms. The number of ketones is 1. The molecule has 1 aliphatic heterocycles. The first kappa shape index (κ1) is 21.1. The van der Waals surface area contributed by atoms with Gasteiger partial charge in [-0.3, -0.25) is 14.5 Å². The summed E-state index contributed by atoms with van der Waals surface area (Å²) in [5, 5.41) is 3.07. The number of carbonyl (C=O) groups excluding carboxylic acids is 2. The van der Waals surface area contributed by atoms with Crippen molar-refractivity contribution in [3.8, 4) is 0 Å². The quantitative estimate of drug-likeness (QED) is 0.633. The fourth-order valence-electron chi connectivity index (χ4n) is 3.58. The first-order chi connectivity index (χ1) is 12.5. The summed E-state index contributed by atoms with van der Waals surface area (Å²) in [5.41, 5.74) is 0. The number of rotatable bonds is 10. The Kier molecular flexibility index (Phi) is 8.75. The van der Waals surface area contributed by atoms with Gasteiger partial charge >= 0.3 is 0 Å². The average molecular weight is 381 g/mol. The summed E-state index contributed by atoms with van der Waals surface area (Å²) in [6.45, 7) is 10.4. The zero-order valence-electron chi connectivity index (χ0n) is 16.3. The van der Waals surface area contributed by atoms with Crippen LogP contribution in [-0.4, -0.2) is 55.5 Å². The van der Waals surface area contributed by atoms with Crippen LogP contribution in [0.3, 0.4) is 0 Å². The number of morpholine rings is 1. The SMILES string of the molecule is CCC(CC)C(CNC(=O)CCC(=O)c1ccc(C)s1)N1CCOCC1. The molecule has 1 amide bonds. The van der Waals surface area contributed by atoms with E-state index in [9.17, 15) is 9.59 Å². The van der Waals surface area contributed by atoms with Crippen LogP contribution in [0, 0.1) is 12.8 Å². The molecule has 0 aromatic carbocycles. The van der Waals surface area contributed by atoms with E-state index >= 15 is 0 Å². The average Bonchev–Trinajstić information content (AvgIpc) is 3.10. The third-order valence-corrected chi connectivity index (χ3v) is 6.25. The van der Waals surface area contributed by atoms with Crippen molar-refractivity contribution in [2.24, 2.45) is 5.92 Å². The lowest BCUT2D eigenvalue weighted by atomic mass is 9.92. The number of thiophene rings is 1. The van der Waals surface area contributed by atoms with E-state index in [-0.39, 0.29) is 24.5 Å². The second-order valence-corrected chi connectivity index (χ2v) is 8.22. The normalized spacial score (nSPS) is 16.6. The molecule has 2 heterocycles. The van der Waals surface area contributed by atoms with Gasteiger partial charge < -0.3 is 10.1 Å². The Bertz CT molecular complexity index is 577. The Balaban J connectivity index is 1.82. The minimum absolute atomic E-state index is 0.0316. The van der Waals surface area contributed by atoms with Crippen molar-refractivity contribution in [3.63, 3.8) is 0 Å². The minimum atomic E-state index is -0.0316. The molecule has 1 aromatic rings. The van der Waals surface area contributed by atoms with E-state index in [0.717, 1.165) is 48.9 Å². The van der Waals surface area contributed by atoms with E-state index in [4.69, 9.17) is 4.74 Å². The van der Waals surface area contributed by atoms with Gasteiger partial charge in [0.2, 0.25) is 5.91 Å². The van der Waals surface area contributed by atoms with Crippen LogP contribution in [0.15, 0.2) is 12.1 Å². The van der Waals surface area contributed by atoms with Crippen molar-refractivity contribution in [2.45, 2.75) is 52.5 Å². The van der Waals surface area contributed by atoms with E-state index in [1.54, 1.807) is 0 Å². The first-order valence-corrected chi connectivity index (χ1v) is 10.5. The van der Waals surface area contributed by atoms with Crippen molar-refractivity contribution < 1.29 is 14.3 Å². The molecule has 1 aliphatic rings. The van der Waals surface area contributed by atoms with E-state index in [1.807, 2.05) is 19.1 Å². The topological polar surface area (TPSA) is 58.6 Å². The number of Topliss-reactive ketones (excluding diaryl/α,β-unsaturated/α-hetero) is 1. The Labute approximate surface area is 161 Å². The van der Waals surface area contributed by atoms with Gasteiger partial charge in [0, 0.05) is 43.4 Å². The predicted octanol–water partition coefficient (Wildman–Crippen LogP) is 3.27. The molecule has 0 saturated carbocycles. The number of nitrogens with zero attached hydrogens (tertiary/aromatic N) is 1. The number of hydrogen-bond donors (Lipinski definition) is 1. The zero-order valence-corrected chi connectivity index (χ0v) is 17.1. The van der Waals surface area contributed by atoms with Crippen molar-refractivity contribution in [2.75, 3.05) is 32.8 Å². The lowest BCUT2D eigenvalue weighted by molar-refractivity contribution is -0.121. The van der Waals surface area contributed by atoms with Crippen LogP contribution >= 0.6 is 11.3 Å². The van der Waals surface area contributed by atoms with Crippen molar-refractivity contribution in [3.05, 3.63) is 21.9 Å². The lowest BCUT2D eigenvalue weighted by Gasteiger charge is -2.38. The summed E-state index contributed by atoms with van der Waals surface area (Å²) >= 11 is 1.49. The molecular weight excluding hydrogens is 348 g/mol. The number of aryl methyl sites for hydroxylation is 1. The van der Waals surface area contributed by atoms with Crippen LogP contribution in [0.4, 0.5) is 0 Å². The third kappa shape index (κ3) is 6.18. The molecule has 26 heavy (non-hydrogen) atoms. The second-order valence-electron chi connectivity index (χ2n) is 6.93. The minimum Gasteiger partial charge on any atom is -0.379 e. The lowest BCUT2D eigenvalue weighted by Crippen LogP contribution is -2.52. The molecule has 1 fully saturated rings. The number of amides is 1. The van der Waals surface area contributed by atoms with Gasteiger partial charge in [-0.2, -0.15) is 0 Å². The molecule has 6 heteroatoms. The molecule has 5 nitrogen and oxygen atoms in total. The van der Waals surface area contributed by atoms with Crippen LogP contribution in [0.5, 0.6) is 0 Å². The van der Waals surface area contributed by atoms with Crippen LogP contribution in [0.2, 0.25) is 0 Å². The number of carbonyl (C=O) groups is 2. The molecule has 1 saturated heterocycles. The van der Waals surface area contributed by atoms with E-state index in [1.165, 1.54) is 11.3 Å². The number of nitrogens with one attached hydrogen (secondary N) is 1. The summed E-state index contributed by atoms with van der Waals surface area (Å²) in [7, 11) is 0. The maximum atomic E-state index is 12.3. The monoisotopic (exact) mass is 380 g/mol. The molecule has 146 valence electrons. The Morgan fingerprint density at radius 1 is 1.19 bits per heavy atom. The van der Waals surface area contributed by atoms with Gasteiger partial charge in [-0.1, -0.05) is 26.7 Å². The highest BCUT2D eigenvalue weighted by atomic mass is 32.1. The van der Waals surface area contributed by atoms with Gasteiger partial charge in [-0.25, -0.2) is 0 Å². The summed E-state index contributed by atoms with van der Waals surface area (Å²) in [4.78, 5) is 28.7. The van der Waals surface area contributed by atoms with Gasteiger partial charge in [0.05, 0.1) is 18.1 Å². The standard InChI is InChI=1S/C20H32N2O3S/c1-4-16(5-2)17(22-10-12-25-13-11-22)14-21-20(24)9-7-18(23)19-8-6-15(3)26-19/h6,8,16-17H,4-5,7,9-14H2,1-3H3,(H,21,24). The Morgan fingerprint density at radius 2 is 1.88 bits per heavy atom. The number of ether oxygens (including phenoxy) is 1. The fourth-order valence-corrected chi connectivity index (χ4v) is 4.41. The smallest absolute Gasteiger partial charge is 0.220 e. The van der Waals surface area contributed by atoms with E-state index in [0.29, 0.717) is 18.5 Å². The maximum absolute atomic E-state index is 12.3. The first-order valence-electron chi connectivity index (χ1n) is 9.73. The highest BCUT2D eigenvalue weighted by molar-refractivity contribution is 7.14. The Hall–Kier alpha value is -1.24. The summed E-state index contributed by atoms with van der Waals surface area (Å²) < 4.78 is 5.47. The Morgan fingerprint density at radius 3 is 2.46 bits per heavy atom. The molecule has 0 radical (unpaired) electrons. The molecular formula is C20H32N2O3S. The van der Waals surface area contributed by atoms with Crippen molar-refractivity contribution in [1.82, 2.24) is 10.2 Å². The highest BCUT2D eigenvalue weighted by Crippen LogP contribution is 2.20. The largest absolute Gasteiger partial charge is 0.379 e. The van der Waals surface area contributed by atoms with Gasteiger partial charge in [0.25, 0.3) is 0 Å². The van der Waals surface area contributed by atoms with E-state index in [2.05, 4.69) is 24.1 Å². The van der Waals surface area contributed by atoms with Crippen LogP contribution < -0.4 is 5.32 Å². The van der Waals surface area contributed by atoms with Crippen molar-refractivity contribution in [1.29, 1.82) is 0 Å². The van der Waals surface area contributed by atoms with Crippen LogP contribution in [0.1, 0.15) is 54.1 Å². The molecule has 1 aromatic heterocycles. The zero-order chi connectivity index (χ0) is 18.9. The second kappa shape index (κ2) is 10.8. The van der Waals surface area contributed by atoms with Gasteiger partial charge in [0.1, 0.15) is 0 Å². The highest BCUT2D eigenvalue weighted by Gasteiger charge is 2.27. The van der Waals surface area contributed by atoms with Gasteiger partial charge in [0.15, 0.2) is 5.78 Å². The molecule has 0 bridgehead atoms. The molecule has 0 aliphatic carbocycles. The summed E-state index contributed by atoms with van der Waals surface area (Å²) in [6, 6.07) is 4.14. The van der Waals surface area contributed by atoms with E-state index < -0.39 is 0 Å². The molecule has 1 N–H and O–H groups in total.